The summed E-state index contributed by atoms with van der Waals surface area (Å²) in [5, 5.41) is 13.8. The summed E-state index contributed by atoms with van der Waals surface area (Å²) >= 11 is 0. The number of nitrogen functional groups attached to an aromatic ring is 1. The molecule has 1 aliphatic rings. The molecule has 3 N–H and O–H groups in total. The first-order valence-corrected chi connectivity index (χ1v) is 9.50. The number of fused-ring (bicyclic) bond motifs is 1. The summed E-state index contributed by atoms with van der Waals surface area (Å²) in [6.45, 7) is 2.00. The van der Waals surface area contributed by atoms with Crippen LogP contribution in [0.15, 0.2) is 42.5 Å². The molecule has 1 atom stereocenters. The largest absolute Gasteiger partial charge is 0.416 e. The van der Waals surface area contributed by atoms with Gasteiger partial charge >= 0.3 is 6.18 Å². The highest BCUT2D eigenvalue weighted by molar-refractivity contribution is 6.01. The molecule has 0 spiro atoms. The lowest BCUT2D eigenvalue weighted by molar-refractivity contribution is -0.137. The number of rotatable bonds is 3. The SMILES string of the molecule is CN1CCC[C@@H](Nc2nnc(-c3ccc(C(F)(F)F)cc3N)c3ccccc23)C1. The van der Waals surface area contributed by atoms with Gasteiger partial charge in [-0.1, -0.05) is 30.3 Å². The molecule has 2 aromatic carbocycles. The number of likely N-dealkylation sites (tertiary alicyclic amines) is 1. The number of hydrogen-bond acceptors (Lipinski definition) is 5. The molecule has 3 aromatic rings. The van der Waals surface area contributed by atoms with Crippen LogP contribution in [0.4, 0.5) is 24.7 Å². The molecule has 1 aromatic heterocycles. The zero-order valence-corrected chi connectivity index (χ0v) is 16.0. The van der Waals surface area contributed by atoms with Crippen molar-refractivity contribution in [3.05, 3.63) is 48.0 Å². The maximum atomic E-state index is 13.0. The van der Waals surface area contributed by atoms with Gasteiger partial charge in [0.15, 0.2) is 5.82 Å². The van der Waals surface area contributed by atoms with Gasteiger partial charge < -0.3 is 16.0 Å². The molecule has 4 rings (SSSR count). The summed E-state index contributed by atoms with van der Waals surface area (Å²) in [7, 11) is 2.09. The molecule has 0 saturated carbocycles. The lowest BCUT2D eigenvalue weighted by Crippen LogP contribution is -2.40. The molecular weight excluding hydrogens is 379 g/mol. The van der Waals surface area contributed by atoms with Gasteiger partial charge in [0, 0.05) is 34.6 Å². The molecule has 1 aliphatic heterocycles. The van der Waals surface area contributed by atoms with Crippen LogP contribution in [0, 0.1) is 0 Å². The third-order valence-electron chi connectivity index (χ3n) is 5.29. The number of anilines is 2. The van der Waals surface area contributed by atoms with Gasteiger partial charge in [0.25, 0.3) is 0 Å². The Morgan fingerprint density at radius 2 is 1.86 bits per heavy atom. The molecule has 0 amide bonds. The quantitative estimate of drug-likeness (QED) is 0.637. The maximum absolute atomic E-state index is 13.0. The Kier molecular flexibility index (Phi) is 5.04. The van der Waals surface area contributed by atoms with Gasteiger partial charge in [-0.2, -0.15) is 13.2 Å². The van der Waals surface area contributed by atoms with Gasteiger partial charge in [0.05, 0.1) is 5.56 Å². The average Bonchev–Trinajstić information content (AvgIpc) is 2.68. The summed E-state index contributed by atoms with van der Waals surface area (Å²) in [4.78, 5) is 2.27. The molecule has 0 radical (unpaired) electrons. The number of alkyl halides is 3. The lowest BCUT2D eigenvalue weighted by atomic mass is 10.0. The van der Waals surface area contributed by atoms with Crippen molar-refractivity contribution in [2.45, 2.75) is 25.1 Å². The van der Waals surface area contributed by atoms with E-state index in [-0.39, 0.29) is 11.7 Å². The predicted octanol–water partition coefficient (Wildman–Crippen LogP) is 4.40. The van der Waals surface area contributed by atoms with Crippen molar-refractivity contribution in [2.24, 2.45) is 0 Å². The van der Waals surface area contributed by atoms with Crippen molar-refractivity contribution in [3.8, 4) is 11.3 Å². The minimum Gasteiger partial charge on any atom is -0.398 e. The van der Waals surface area contributed by atoms with Crippen molar-refractivity contribution in [2.75, 3.05) is 31.2 Å². The summed E-state index contributed by atoms with van der Waals surface area (Å²) in [5.41, 5.74) is 6.10. The fraction of sp³-hybridized carbons (Fsp3) is 0.333. The molecule has 5 nitrogen and oxygen atoms in total. The van der Waals surface area contributed by atoms with Crippen LogP contribution in [0.5, 0.6) is 0 Å². The Balaban J connectivity index is 1.74. The highest BCUT2D eigenvalue weighted by Gasteiger charge is 2.31. The van der Waals surface area contributed by atoms with E-state index in [1.807, 2.05) is 24.3 Å². The van der Waals surface area contributed by atoms with Gasteiger partial charge in [-0.15, -0.1) is 10.2 Å². The van der Waals surface area contributed by atoms with E-state index in [0.29, 0.717) is 17.1 Å². The van der Waals surface area contributed by atoms with Crippen LogP contribution in [0.25, 0.3) is 22.0 Å². The second-order valence-corrected chi connectivity index (χ2v) is 7.49. The number of aromatic nitrogens is 2. The van der Waals surface area contributed by atoms with E-state index in [4.69, 9.17) is 5.73 Å². The zero-order valence-electron chi connectivity index (χ0n) is 16.0. The predicted molar refractivity (Wildman–Crippen MR) is 109 cm³/mol. The monoisotopic (exact) mass is 401 g/mol. The van der Waals surface area contributed by atoms with Crippen LogP contribution < -0.4 is 11.1 Å². The van der Waals surface area contributed by atoms with Gasteiger partial charge in [0.2, 0.25) is 0 Å². The first-order chi connectivity index (χ1) is 13.8. The van der Waals surface area contributed by atoms with Crippen LogP contribution in [-0.4, -0.2) is 41.3 Å². The molecule has 1 fully saturated rings. The van der Waals surface area contributed by atoms with E-state index in [2.05, 4.69) is 27.5 Å². The van der Waals surface area contributed by atoms with Gasteiger partial charge in [-0.3, -0.25) is 0 Å². The van der Waals surface area contributed by atoms with E-state index >= 15 is 0 Å². The average molecular weight is 401 g/mol. The van der Waals surface area contributed by atoms with Crippen LogP contribution in [0.3, 0.4) is 0 Å². The van der Waals surface area contributed by atoms with Crippen LogP contribution in [0.2, 0.25) is 0 Å². The van der Waals surface area contributed by atoms with E-state index in [1.165, 1.54) is 6.07 Å². The summed E-state index contributed by atoms with van der Waals surface area (Å²) in [5.74, 6) is 0.676. The van der Waals surface area contributed by atoms with Crippen molar-refractivity contribution in [1.29, 1.82) is 0 Å². The summed E-state index contributed by atoms with van der Waals surface area (Å²) in [6, 6.07) is 11.2. The number of piperidine rings is 1. The number of likely N-dealkylation sites (N-methyl/N-ethyl adjacent to an activating group) is 1. The Hall–Kier alpha value is -2.87. The smallest absolute Gasteiger partial charge is 0.398 e. The molecule has 152 valence electrons. The van der Waals surface area contributed by atoms with Crippen molar-refractivity contribution in [1.82, 2.24) is 15.1 Å². The summed E-state index contributed by atoms with van der Waals surface area (Å²) < 4.78 is 38.9. The van der Waals surface area contributed by atoms with E-state index in [9.17, 15) is 13.2 Å². The zero-order chi connectivity index (χ0) is 20.6. The van der Waals surface area contributed by atoms with Gasteiger partial charge in [0.1, 0.15) is 5.69 Å². The molecule has 1 saturated heterocycles. The molecule has 0 aliphatic carbocycles. The molecule has 8 heteroatoms. The fourth-order valence-electron chi connectivity index (χ4n) is 3.84. The molecule has 29 heavy (non-hydrogen) atoms. The van der Waals surface area contributed by atoms with Crippen molar-refractivity contribution in [3.63, 3.8) is 0 Å². The lowest BCUT2D eigenvalue weighted by Gasteiger charge is -2.30. The first-order valence-electron chi connectivity index (χ1n) is 9.50. The standard InChI is InChI=1S/C21H22F3N5/c1-29-10-4-5-14(12-29)26-20-16-7-3-2-6-15(16)19(27-28-20)17-9-8-13(11-18(17)25)21(22,23)24/h2-3,6-9,11,14H,4-5,10,12,25H2,1H3,(H,26,28)/t14-/m1/s1. The minimum absolute atomic E-state index is 0.0221. The molecule has 0 unspecified atom stereocenters. The molecule has 2 heterocycles. The van der Waals surface area contributed by atoms with Crippen LogP contribution in [0.1, 0.15) is 18.4 Å². The van der Waals surface area contributed by atoms with Crippen LogP contribution >= 0.6 is 0 Å². The number of benzene rings is 2. The van der Waals surface area contributed by atoms with Crippen molar-refractivity contribution >= 4 is 22.3 Å². The normalized spacial score (nSPS) is 18.1. The fourth-order valence-corrected chi connectivity index (χ4v) is 3.84. The van der Waals surface area contributed by atoms with E-state index in [1.54, 1.807) is 0 Å². The van der Waals surface area contributed by atoms with E-state index < -0.39 is 11.7 Å². The molecular formula is C21H22F3N5. The second-order valence-electron chi connectivity index (χ2n) is 7.49. The van der Waals surface area contributed by atoms with Crippen LogP contribution in [-0.2, 0) is 6.18 Å². The van der Waals surface area contributed by atoms with Crippen molar-refractivity contribution < 1.29 is 13.2 Å². The first kappa shape index (κ1) is 19.4. The Morgan fingerprint density at radius 3 is 2.55 bits per heavy atom. The number of nitrogens with one attached hydrogen (secondary N) is 1. The third kappa shape index (κ3) is 3.98. The van der Waals surface area contributed by atoms with Gasteiger partial charge in [-0.25, -0.2) is 0 Å². The number of hydrogen-bond donors (Lipinski definition) is 2. The number of nitrogens with two attached hydrogens (primary N) is 1. The number of nitrogens with zero attached hydrogens (tertiary/aromatic N) is 3. The minimum atomic E-state index is -4.44. The Labute approximate surface area is 166 Å². The topological polar surface area (TPSA) is 67.1 Å². The van der Waals surface area contributed by atoms with Gasteiger partial charge in [-0.05, 0) is 38.6 Å². The molecule has 0 bridgehead atoms. The Bertz CT molecular complexity index is 1030. The highest BCUT2D eigenvalue weighted by atomic mass is 19.4. The third-order valence-corrected chi connectivity index (χ3v) is 5.29. The highest BCUT2D eigenvalue weighted by Crippen LogP contribution is 2.37. The maximum Gasteiger partial charge on any atom is 0.416 e. The Morgan fingerprint density at radius 1 is 1.10 bits per heavy atom. The second kappa shape index (κ2) is 7.51. The number of halogens is 3. The summed E-state index contributed by atoms with van der Waals surface area (Å²) in [6.07, 6.45) is -2.28. The van der Waals surface area contributed by atoms with E-state index in [0.717, 1.165) is 48.8 Å².